The first-order chi connectivity index (χ1) is 14.1. The number of benzene rings is 2. The van der Waals surface area contributed by atoms with Crippen LogP contribution in [0.5, 0.6) is 0 Å². The van der Waals surface area contributed by atoms with Gasteiger partial charge in [0, 0.05) is 23.5 Å². The molecule has 0 aliphatic heterocycles. The Morgan fingerprint density at radius 3 is 2.41 bits per heavy atom. The molecule has 0 saturated heterocycles. The first-order valence-corrected chi connectivity index (χ1v) is 11.8. The maximum absolute atomic E-state index is 13.9. The average Bonchev–Trinajstić information content (AvgIpc) is 3.19. The molecule has 0 fully saturated rings. The molecule has 2 aromatic carbocycles. The molecule has 0 saturated carbocycles. The van der Waals surface area contributed by atoms with Crippen LogP contribution in [-0.4, -0.2) is 27.5 Å². The van der Waals surface area contributed by atoms with E-state index in [1.54, 1.807) is 0 Å². The molecular formula is C24H22O3S2. The third kappa shape index (κ3) is 3.03. The SMILES string of the molecule is CCSC(=O)C[C@H]1c2ccccc2C(=O)[C@]12C(C(=O)SCC)=Cc1ccccc12. The van der Waals surface area contributed by atoms with Gasteiger partial charge in [0.15, 0.2) is 10.9 Å². The first kappa shape index (κ1) is 20.2. The number of thioether (sulfide) groups is 2. The smallest absolute Gasteiger partial charge is 0.216 e. The highest BCUT2D eigenvalue weighted by atomic mass is 32.2. The third-order valence-corrected chi connectivity index (χ3v) is 7.29. The minimum absolute atomic E-state index is 0.0562. The van der Waals surface area contributed by atoms with Crippen molar-refractivity contribution in [2.45, 2.75) is 31.6 Å². The van der Waals surface area contributed by atoms with Crippen molar-refractivity contribution in [3.63, 3.8) is 0 Å². The molecule has 2 aliphatic carbocycles. The Morgan fingerprint density at radius 1 is 0.966 bits per heavy atom. The molecule has 0 heterocycles. The van der Waals surface area contributed by atoms with Crippen LogP contribution >= 0.6 is 23.5 Å². The van der Waals surface area contributed by atoms with E-state index in [-0.39, 0.29) is 28.4 Å². The summed E-state index contributed by atoms with van der Waals surface area (Å²) in [6.45, 7) is 3.88. The van der Waals surface area contributed by atoms with Crippen LogP contribution in [-0.2, 0) is 15.0 Å². The lowest BCUT2D eigenvalue weighted by Gasteiger charge is -2.33. The highest BCUT2D eigenvalue weighted by Crippen LogP contribution is 2.59. The van der Waals surface area contributed by atoms with Gasteiger partial charge in [-0.1, -0.05) is 85.9 Å². The minimum atomic E-state index is -1.11. The number of ketones is 1. The summed E-state index contributed by atoms with van der Waals surface area (Å²) >= 11 is 2.50. The molecule has 2 atom stereocenters. The van der Waals surface area contributed by atoms with E-state index >= 15 is 0 Å². The Hall–Kier alpha value is -2.11. The largest absolute Gasteiger partial charge is 0.293 e. The molecule has 3 nitrogen and oxygen atoms in total. The van der Waals surface area contributed by atoms with Crippen molar-refractivity contribution in [2.75, 3.05) is 11.5 Å². The van der Waals surface area contributed by atoms with Gasteiger partial charge in [-0.2, -0.15) is 0 Å². The molecule has 29 heavy (non-hydrogen) atoms. The lowest BCUT2D eigenvalue weighted by atomic mass is 9.67. The van der Waals surface area contributed by atoms with Gasteiger partial charge in [0.05, 0.1) is 5.41 Å². The van der Waals surface area contributed by atoms with E-state index in [0.29, 0.717) is 22.6 Å². The predicted molar refractivity (Wildman–Crippen MR) is 121 cm³/mol. The van der Waals surface area contributed by atoms with Crippen molar-refractivity contribution in [3.05, 3.63) is 76.4 Å². The number of hydrogen-bond donors (Lipinski definition) is 0. The zero-order valence-corrected chi connectivity index (χ0v) is 18.1. The molecule has 0 N–H and O–H groups in total. The van der Waals surface area contributed by atoms with Crippen molar-refractivity contribution in [1.29, 1.82) is 0 Å². The topological polar surface area (TPSA) is 51.2 Å². The quantitative estimate of drug-likeness (QED) is 0.659. The predicted octanol–water partition coefficient (Wildman–Crippen LogP) is 5.25. The monoisotopic (exact) mass is 422 g/mol. The number of carbonyl (C=O) groups excluding carboxylic acids is 3. The average molecular weight is 423 g/mol. The van der Waals surface area contributed by atoms with Gasteiger partial charge in [-0.15, -0.1) is 0 Å². The number of carbonyl (C=O) groups is 3. The molecular weight excluding hydrogens is 400 g/mol. The summed E-state index contributed by atoms with van der Waals surface area (Å²) in [6.07, 6.45) is 2.10. The molecule has 2 aliphatic rings. The molecule has 5 heteroatoms. The molecule has 0 radical (unpaired) electrons. The summed E-state index contributed by atoms with van der Waals surface area (Å²) in [6, 6.07) is 15.2. The van der Waals surface area contributed by atoms with E-state index in [1.165, 1.54) is 23.5 Å². The van der Waals surface area contributed by atoms with Crippen LogP contribution in [0.4, 0.5) is 0 Å². The Labute approximate surface area is 179 Å². The van der Waals surface area contributed by atoms with Crippen LogP contribution in [0.1, 0.15) is 53.2 Å². The summed E-state index contributed by atoms with van der Waals surface area (Å²) in [5.74, 6) is 0.902. The number of Topliss-reactive ketones (excluding diaryl/α,β-unsaturated/α-hetero) is 1. The lowest BCUT2D eigenvalue weighted by molar-refractivity contribution is -0.112. The number of fused-ring (bicyclic) bond motifs is 3. The molecule has 0 bridgehead atoms. The zero-order chi connectivity index (χ0) is 20.6. The van der Waals surface area contributed by atoms with Crippen LogP contribution in [0.25, 0.3) is 6.08 Å². The van der Waals surface area contributed by atoms with Gasteiger partial charge in [0.2, 0.25) is 5.12 Å². The van der Waals surface area contributed by atoms with E-state index in [9.17, 15) is 14.4 Å². The lowest BCUT2D eigenvalue weighted by Crippen LogP contribution is -2.39. The molecule has 2 aromatic rings. The molecule has 1 spiro atoms. The Bertz CT molecular complexity index is 1040. The highest BCUT2D eigenvalue weighted by molar-refractivity contribution is 8.14. The summed E-state index contributed by atoms with van der Waals surface area (Å²) in [7, 11) is 0. The molecule has 0 unspecified atom stereocenters. The van der Waals surface area contributed by atoms with Crippen molar-refractivity contribution < 1.29 is 14.4 Å². The fourth-order valence-electron chi connectivity index (χ4n) is 4.71. The van der Waals surface area contributed by atoms with Crippen LogP contribution < -0.4 is 0 Å². The number of hydrogen-bond acceptors (Lipinski definition) is 5. The van der Waals surface area contributed by atoms with Gasteiger partial charge in [-0.25, -0.2) is 0 Å². The van der Waals surface area contributed by atoms with Crippen LogP contribution in [0.15, 0.2) is 54.1 Å². The van der Waals surface area contributed by atoms with Gasteiger partial charge in [0.1, 0.15) is 0 Å². The second-order valence-electron chi connectivity index (χ2n) is 7.15. The summed E-state index contributed by atoms with van der Waals surface area (Å²) in [5, 5.41) is -0.0221. The van der Waals surface area contributed by atoms with Gasteiger partial charge < -0.3 is 0 Å². The molecule has 0 aromatic heterocycles. The second kappa shape index (κ2) is 7.96. The summed E-state index contributed by atoms with van der Waals surface area (Å²) < 4.78 is 0. The van der Waals surface area contributed by atoms with Crippen molar-refractivity contribution >= 4 is 45.6 Å². The van der Waals surface area contributed by atoms with Crippen molar-refractivity contribution in [2.24, 2.45) is 0 Å². The summed E-state index contributed by atoms with van der Waals surface area (Å²) in [5.41, 5.74) is 2.66. The first-order valence-electron chi connectivity index (χ1n) is 9.83. The molecule has 0 amide bonds. The third-order valence-electron chi connectivity index (χ3n) is 5.74. The van der Waals surface area contributed by atoms with Crippen LogP contribution in [0.2, 0.25) is 0 Å². The van der Waals surface area contributed by atoms with Crippen molar-refractivity contribution in [1.82, 2.24) is 0 Å². The molecule has 4 rings (SSSR count). The van der Waals surface area contributed by atoms with Crippen LogP contribution in [0.3, 0.4) is 0 Å². The highest BCUT2D eigenvalue weighted by Gasteiger charge is 2.60. The number of rotatable bonds is 5. The van der Waals surface area contributed by atoms with Crippen LogP contribution in [0, 0.1) is 0 Å². The maximum atomic E-state index is 13.9. The van der Waals surface area contributed by atoms with E-state index in [1.807, 2.05) is 68.5 Å². The van der Waals surface area contributed by atoms with Gasteiger partial charge in [-0.05, 0) is 34.3 Å². The fourth-order valence-corrected chi connectivity index (χ4v) is 5.95. The van der Waals surface area contributed by atoms with E-state index in [0.717, 1.165) is 16.7 Å². The normalized spacial score (nSPS) is 21.8. The van der Waals surface area contributed by atoms with E-state index < -0.39 is 5.41 Å². The van der Waals surface area contributed by atoms with E-state index in [2.05, 4.69) is 0 Å². The van der Waals surface area contributed by atoms with Gasteiger partial charge in [-0.3, -0.25) is 14.4 Å². The Kier molecular flexibility index (Phi) is 5.54. The zero-order valence-electron chi connectivity index (χ0n) is 16.4. The second-order valence-corrected chi connectivity index (χ2v) is 9.71. The maximum Gasteiger partial charge on any atom is 0.216 e. The Balaban J connectivity index is 1.96. The summed E-state index contributed by atoms with van der Waals surface area (Å²) in [4.78, 5) is 39.8. The fraction of sp³-hybridized carbons (Fsp3) is 0.292. The molecule has 148 valence electrons. The Morgan fingerprint density at radius 2 is 1.66 bits per heavy atom. The van der Waals surface area contributed by atoms with E-state index in [4.69, 9.17) is 0 Å². The van der Waals surface area contributed by atoms with Crippen molar-refractivity contribution in [3.8, 4) is 0 Å². The standard InChI is InChI=1S/C24H22O3S2/c1-3-28-21(25)14-19-16-10-6-7-11-17(16)22(26)24(19)18-12-8-5-9-15(18)13-20(24)23(27)29-4-2/h5-13,19H,3-4,14H2,1-2H3/t19-,24-/m0/s1. The minimum Gasteiger partial charge on any atom is -0.293 e. The van der Waals surface area contributed by atoms with Gasteiger partial charge >= 0.3 is 0 Å². The van der Waals surface area contributed by atoms with Gasteiger partial charge in [0.25, 0.3) is 0 Å².